The van der Waals surface area contributed by atoms with Crippen molar-refractivity contribution >= 4 is 16.9 Å². The van der Waals surface area contributed by atoms with Crippen molar-refractivity contribution in [3.8, 4) is 0 Å². The van der Waals surface area contributed by atoms with E-state index in [1.54, 1.807) is 7.05 Å². The summed E-state index contributed by atoms with van der Waals surface area (Å²) in [6.07, 6.45) is 0.786. The molecule has 1 heterocycles. The highest BCUT2D eigenvalue weighted by molar-refractivity contribution is 5.84. The largest absolute Gasteiger partial charge is 0.395 e. The van der Waals surface area contributed by atoms with Crippen molar-refractivity contribution in [2.24, 2.45) is 0 Å². The van der Waals surface area contributed by atoms with Gasteiger partial charge in [-0.15, -0.1) is 0 Å². The minimum absolute atomic E-state index is 0.0223. The Morgan fingerprint density at radius 3 is 2.90 bits per heavy atom. The van der Waals surface area contributed by atoms with Gasteiger partial charge >= 0.3 is 6.03 Å². The van der Waals surface area contributed by atoms with E-state index in [4.69, 9.17) is 5.11 Å². The molecule has 0 aliphatic rings. The Labute approximate surface area is 118 Å². The number of amides is 2. The van der Waals surface area contributed by atoms with Gasteiger partial charge in [-0.25, -0.2) is 4.79 Å². The van der Waals surface area contributed by atoms with Crippen LogP contribution in [0.2, 0.25) is 0 Å². The van der Waals surface area contributed by atoms with Crippen molar-refractivity contribution in [3.05, 3.63) is 35.5 Å². The Hall–Kier alpha value is -2.01. The Morgan fingerprint density at radius 1 is 1.40 bits per heavy atom. The fourth-order valence-corrected chi connectivity index (χ4v) is 2.34. The number of fused-ring (bicyclic) bond motifs is 1. The number of nitrogens with one attached hydrogen (secondary N) is 2. The molecule has 2 amide bonds. The first-order valence-electron chi connectivity index (χ1n) is 6.79. The fourth-order valence-electron chi connectivity index (χ4n) is 2.34. The molecule has 2 aromatic rings. The number of aliphatic hydroxyl groups excluding tert-OH is 1. The van der Waals surface area contributed by atoms with Gasteiger partial charge in [0.15, 0.2) is 0 Å². The van der Waals surface area contributed by atoms with Gasteiger partial charge in [0.1, 0.15) is 0 Å². The highest BCUT2D eigenvalue weighted by Crippen LogP contribution is 2.21. The van der Waals surface area contributed by atoms with E-state index >= 15 is 0 Å². The van der Waals surface area contributed by atoms with Crippen LogP contribution in [0, 0.1) is 6.92 Å². The first-order valence-corrected chi connectivity index (χ1v) is 6.79. The van der Waals surface area contributed by atoms with Crippen molar-refractivity contribution in [3.63, 3.8) is 0 Å². The van der Waals surface area contributed by atoms with E-state index in [0.717, 1.165) is 17.6 Å². The van der Waals surface area contributed by atoms with Crippen LogP contribution in [0.4, 0.5) is 4.79 Å². The predicted molar refractivity (Wildman–Crippen MR) is 79.9 cm³/mol. The van der Waals surface area contributed by atoms with E-state index in [1.807, 2.05) is 12.1 Å². The maximum absolute atomic E-state index is 11.7. The number of rotatable bonds is 5. The highest BCUT2D eigenvalue weighted by atomic mass is 16.3. The number of carbonyl (C=O) groups is 1. The second-order valence-corrected chi connectivity index (χ2v) is 4.90. The third-order valence-electron chi connectivity index (χ3n) is 3.46. The predicted octanol–water partition coefficient (Wildman–Crippen LogP) is 1.65. The molecular weight excluding hydrogens is 254 g/mol. The van der Waals surface area contributed by atoms with Gasteiger partial charge in [0.25, 0.3) is 0 Å². The summed E-state index contributed by atoms with van der Waals surface area (Å²) in [7, 11) is 1.67. The summed E-state index contributed by atoms with van der Waals surface area (Å²) in [6.45, 7) is 2.95. The lowest BCUT2D eigenvalue weighted by atomic mass is 10.1. The van der Waals surface area contributed by atoms with Crippen molar-refractivity contribution in [1.82, 2.24) is 15.2 Å². The Balaban J connectivity index is 1.96. The molecule has 0 fully saturated rings. The molecule has 3 N–H and O–H groups in total. The van der Waals surface area contributed by atoms with Crippen LogP contribution in [-0.4, -0.2) is 47.8 Å². The summed E-state index contributed by atoms with van der Waals surface area (Å²) in [6, 6.07) is 8.02. The zero-order valence-corrected chi connectivity index (χ0v) is 11.9. The van der Waals surface area contributed by atoms with Gasteiger partial charge in [-0.1, -0.05) is 18.2 Å². The smallest absolute Gasteiger partial charge is 0.317 e. The summed E-state index contributed by atoms with van der Waals surface area (Å²) in [5, 5.41) is 12.9. The first kappa shape index (κ1) is 14.4. The highest BCUT2D eigenvalue weighted by Gasteiger charge is 2.10. The van der Waals surface area contributed by atoms with E-state index in [-0.39, 0.29) is 12.6 Å². The van der Waals surface area contributed by atoms with E-state index < -0.39 is 0 Å². The maximum atomic E-state index is 11.7. The van der Waals surface area contributed by atoms with Gasteiger partial charge in [-0.3, -0.25) is 0 Å². The molecule has 108 valence electrons. The Bertz CT molecular complexity index is 592. The summed E-state index contributed by atoms with van der Waals surface area (Å²) in [4.78, 5) is 16.5. The molecule has 0 saturated heterocycles. The number of aryl methyl sites for hydroxylation is 1. The van der Waals surface area contributed by atoms with Crippen molar-refractivity contribution in [2.75, 3.05) is 26.7 Å². The van der Waals surface area contributed by atoms with Gasteiger partial charge in [0.2, 0.25) is 0 Å². The second-order valence-electron chi connectivity index (χ2n) is 4.90. The van der Waals surface area contributed by atoms with Gasteiger partial charge < -0.3 is 20.3 Å². The molecule has 0 aliphatic carbocycles. The molecule has 5 heteroatoms. The average molecular weight is 275 g/mol. The first-order chi connectivity index (χ1) is 9.63. The van der Waals surface area contributed by atoms with E-state index in [9.17, 15) is 4.79 Å². The molecule has 1 aromatic carbocycles. The average Bonchev–Trinajstić information content (AvgIpc) is 2.75. The Morgan fingerprint density at radius 2 is 2.15 bits per heavy atom. The molecule has 2 rings (SSSR count). The standard InChI is InChI=1S/C15H21N3O2/c1-11-12(13-5-3-4-6-14(13)17-11)7-8-16-15(20)18(2)9-10-19/h3-6,17,19H,7-10H2,1-2H3,(H,16,20). The van der Waals surface area contributed by atoms with Crippen molar-refractivity contribution in [1.29, 1.82) is 0 Å². The second kappa shape index (κ2) is 6.43. The molecule has 20 heavy (non-hydrogen) atoms. The lowest BCUT2D eigenvalue weighted by Gasteiger charge is -2.16. The van der Waals surface area contributed by atoms with Crippen LogP contribution in [-0.2, 0) is 6.42 Å². The van der Waals surface area contributed by atoms with Crippen molar-refractivity contribution < 1.29 is 9.90 Å². The van der Waals surface area contributed by atoms with E-state index in [2.05, 4.69) is 29.4 Å². The fraction of sp³-hybridized carbons (Fsp3) is 0.400. The molecule has 0 atom stereocenters. The number of hydrogen-bond donors (Lipinski definition) is 3. The molecule has 0 aliphatic heterocycles. The topological polar surface area (TPSA) is 68.4 Å². The normalized spacial score (nSPS) is 10.8. The van der Waals surface area contributed by atoms with Crippen LogP contribution >= 0.6 is 0 Å². The Kier molecular flexibility index (Phi) is 4.63. The number of para-hydroxylation sites is 1. The quantitative estimate of drug-likeness (QED) is 0.776. The van der Waals surface area contributed by atoms with Gasteiger partial charge in [-0.2, -0.15) is 0 Å². The van der Waals surface area contributed by atoms with Crippen LogP contribution in [0.1, 0.15) is 11.3 Å². The number of H-pyrrole nitrogens is 1. The number of benzene rings is 1. The van der Waals surface area contributed by atoms with Crippen LogP contribution < -0.4 is 5.32 Å². The van der Waals surface area contributed by atoms with Crippen LogP contribution in [0.5, 0.6) is 0 Å². The number of carbonyl (C=O) groups excluding carboxylic acids is 1. The zero-order chi connectivity index (χ0) is 14.5. The summed E-state index contributed by atoms with van der Waals surface area (Å²) in [5.41, 5.74) is 3.51. The lowest BCUT2D eigenvalue weighted by molar-refractivity contribution is 0.190. The third kappa shape index (κ3) is 3.11. The van der Waals surface area contributed by atoms with Crippen molar-refractivity contribution in [2.45, 2.75) is 13.3 Å². The molecule has 1 aromatic heterocycles. The number of aromatic nitrogens is 1. The number of aromatic amines is 1. The number of nitrogens with zero attached hydrogens (tertiary/aromatic N) is 1. The van der Waals surface area contributed by atoms with E-state index in [0.29, 0.717) is 13.1 Å². The molecular formula is C15H21N3O2. The van der Waals surface area contributed by atoms with Crippen LogP contribution in [0.15, 0.2) is 24.3 Å². The summed E-state index contributed by atoms with van der Waals surface area (Å²) < 4.78 is 0. The lowest BCUT2D eigenvalue weighted by Crippen LogP contribution is -2.39. The van der Waals surface area contributed by atoms with Gasteiger partial charge in [-0.05, 0) is 25.0 Å². The molecule has 0 unspecified atom stereocenters. The summed E-state index contributed by atoms with van der Waals surface area (Å²) >= 11 is 0. The van der Waals surface area contributed by atoms with Gasteiger partial charge in [0.05, 0.1) is 6.61 Å². The minimum Gasteiger partial charge on any atom is -0.395 e. The molecule has 0 saturated carbocycles. The molecule has 0 bridgehead atoms. The number of likely N-dealkylation sites (N-methyl/N-ethyl adjacent to an activating group) is 1. The zero-order valence-electron chi connectivity index (χ0n) is 11.9. The monoisotopic (exact) mass is 275 g/mol. The number of urea groups is 1. The van der Waals surface area contributed by atoms with Crippen LogP contribution in [0.3, 0.4) is 0 Å². The molecule has 0 radical (unpaired) electrons. The third-order valence-corrected chi connectivity index (χ3v) is 3.46. The minimum atomic E-state index is -0.156. The maximum Gasteiger partial charge on any atom is 0.317 e. The number of aliphatic hydroxyl groups is 1. The number of hydrogen-bond acceptors (Lipinski definition) is 2. The summed E-state index contributed by atoms with van der Waals surface area (Å²) in [5.74, 6) is 0. The molecule has 5 nitrogen and oxygen atoms in total. The SMILES string of the molecule is Cc1[nH]c2ccccc2c1CCNC(=O)N(C)CCO. The van der Waals surface area contributed by atoms with Gasteiger partial charge in [0, 0.05) is 36.7 Å². The van der Waals surface area contributed by atoms with Crippen LogP contribution in [0.25, 0.3) is 10.9 Å². The van der Waals surface area contributed by atoms with E-state index in [1.165, 1.54) is 15.8 Å². The molecule has 0 spiro atoms.